The van der Waals surface area contributed by atoms with E-state index in [1.165, 1.54) is 0 Å². The van der Waals surface area contributed by atoms with E-state index in [2.05, 4.69) is 0 Å². The largest absolute Gasteiger partial charge is 0.417 e. The van der Waals surface area contributed by atoms with Crippen LogP contribution in [0.4, 0.5) is 13.2 Å². The molecular formula is C13H15F3O. The summed E-state index contributed by atoms with van der Waals surface area (Å²) in [5, 5.41) is 9.59. The first-order valence-corrected chi connectivity index (χ1v) is 5.67. The van der Waals surface area contributed by atoms with Crippen LogP contribution in [0.2, 0.25) is 0 Å². The highest BCUT2D eigenvalue weighted by Crippen LogP contribution is 2.48. The molecule has 1 N–H and O–H groups in total. The molecule has 0 bridgehead atoms. The number of alkyl halides is 3. The Morgan fingerprint density at radius 1 is 1.24 bits per heavy atom. The van der Waals surface area contributed by atoms with Crippen molar-refractivity contribution < 1.29 is 18.3 Å². The third-order valence-corrected chi connectivity index (χ3v) is 3.57. The van der Waals surface area contributed by atoms with Crippen molar-refractivity contribution in [2.75, 3.05) is 0 Å². The Morgan fingerprint density at radius 3 is 2.29 bits per heavy atom. The normalized spacial score (nSPS) is 29.6. The van der Waals surface area contributed by atoms with Crippen molar-refractivity contribution in [2.24, 2.45) is 0 Å². The standard InChI is InChI=1S/C13H15F3O/c1-9-2-4-10(5-3-9)11-6-7-12(17,8-11)13(14,15)16/h2-5,11,17H,6-8H2,1H3. The Balaban J connectivity index is 2.15. The lowest BCUT2D eigenvalue weighted by Gasteiger charge is -2.25. The van der Waals surface area contributed by atoms with Gasteiger partial charge in [-0.05, 0) is 37.7 Å². The van der Waals surface area contributed by atoms with Crippen molar-refractivity contribution >= 4 is 0 Å². The monoisotopic (exact) mass is 244 g/mol. The van der Waals surface area contributed by atoms with E-state index in [1.807, 2.05) is 31.2 Å². The summed E-state index contributed by atoms with van der Waals surface area (Å²) >= 11 is 0. The molecule has 1 aromatic rings. The first-order chi connectivity index (χ1) is 7.82. The van der Waals surface area contributed by atoms with E-state index in [0.29, 0.717) is 6.42 Å². The third-order valence-electron chi connectivity index (χ3n) is 3.57. The lowest BCUT2D eigenvalue weighted by Crippen LogP contribution is -2.42. The van der Waals surface area contributed by atoms with Crippen LogP contribution in [0.1, 0.15) is 36.3 Å². The van der Waals surface area contributed by atoms with E-state index >= 15 is 0 Å². The van der Waals surface area contributed by atoms with Gasteiger partial charge in [-0.3, -0.25) is 0 Å². The molecule has 0 saturated heterocycles. The van der Waals surface area contributed by atoms with Crippen LogP contribution < -0.4 is 0 Å². The van der Waals surface area contributed by atoms with Crippen molar-refractivity contribution in [3.8, 4) is 0 Å². The molecular weight excluding hydrogens is 229 g/mol. The molecule has 2 atom stereocenters. The van der Waals surface area contributed by atoms with Gasteiger partial charge in [-0.2, -0.15) is 13.2 Å². The maximum absolute atomic E-state index is 12.6. The second-order valence-electron chi connectivity index (χ2n) is 4.88. The maximum Gasteiger partial charge on any atom is 0.417 e. The number of aliphatic hydroxyl groups is 1. The van der Waals surface area contributed by atoms with Gasteiger partial charge in [0.2, 0.25) is 0 Å². The molecule has 94 valence electrons. The van der Waals surface area contributed by atoms with E-state index in [-0.39, 0.29) is 18.8 Å². The molecule has 2 unspecified atom stereocenters. The Hall–Kier alpha value is -1.03. The number of halogens is 3. The summed E-state index contributed by atoms with van der Waals surface area (Å²) in [7, 11) is 0. The van der Waals surface area contributed by atoms with Gasteiger partial charge < -0.3 is 5.11 Å². The summed E-state index contributed by atoms with van der Waals surface area (Å²) < 4.78 is 37.9. The third kappa shape index (κ3) is 2.32. The van der Waals surface area contributed by atoms with Crippen molar-refractivity contribution in [1.82, 2.24) is 0 Å². The summed E-state index contributed by atoms with van der Waals surface area (Å²) in [4.78, 5) is 0. The predicted molar refractivity (Wildman–Crippen MR) is 58.8 cm³/mol. The van der Waals surface area contributed by atoms with Crippen molar-refractivity contribution in [3.63, 3.8) is 0 Å². The van der Waals surface area contributed by atoms with Crippen molar-refractivity contribution in [2.45, 2.75) is 43.9 Å². The van der Waals surface area contributed by atoms with Crippen molar-refractivity contribution in [1.29, 1.82) is 0 Å². The fraction of sp³-hybridized carbons (Fsp3) is 0.538. The summed E-state index contributed by atoms with van der Waals surface area (Å²) in [6.45, 7) is 1.94. The van der Waals surface area contributed by atoms with Gasteiger partial charge in [0.25, 0.3) is 0 Å². The maximum atomic E-state index is 12.6. The molecule has 0 radical (unpaired) electrons. The molecule has 0 aliphatic heterocycles. The van der Waals surface area contributed by atoms with E-state index in [0.717, 1.165) is 11.1 Å². The average molecular weight is 244 g/mol. The molecule has 1 fully saturated rings. The van der Waals surface area contributed by atoms with Crippen LogP contribution in [0.3, 0.4) is 0 Å². The van der Waals surface area contributed by atoms with Crippen LogP contribution in [0.15, 0.2) is 24.3 Å². The SMILES string of the molecule is Cc1ccc(C2CCC(O)(C(F)(F)F)C2)cc1. The zero-order valence-electron chi connectivity index (χ0n) is 9.59. The highest BCUT2D eigenvalue weighted by molar-refractivity contribution is 5.26. The molecule has 1 aliphatic carbocycles. The van der Waals surface area contributed by atoms with Gasteiger partial charge >= 0.3 is 6.18 Å². The number of hydrogen-bond acceptors (Lipinski definition) is 1. The molecule has 0 aromatic heterocycles. The topological polar surface area (TPSA) is 20.2 Å². The molecule has 1 aromatic carbocycles. The summed E-state index contributed by atoms with van der Waals surface area (Å²) in [5.74, 6) is -0.192. The summed E-state index contributed by atoms with van der Waals surface area (Å²) in [6, 6.07) is 7.48. The molecule has 0 amide bonds. The lowest BCUT2D eigenvalue weighted by atomic mass is 9.94. The number of hydrogen-bond donors (Lipinski definition) is 1. The van der Waals surface area contributed by atoms with Crippen molar-refractivity contribution in [3.05, 3.63) is 35.4 Å². The summed E-state index contributed by atoms with van der Waals surface area (Å²) in [6.07, 6.45) is -4.56. The van der Waals surface area contributed by atoms with Crippen LogP contribution in [-0.2, 0) is 0 Å². The molecule has 0 spiro atoms. The van der Waals surface area contributed by atoms with Crippen LogP contribution in [0, 0.1) is 6.92 Å². The zero-order chi connectivity index (χ0) is 12.7. The molecule has 17 heavy (non-hydrogen) atoms. The first kappa shape index (κ1) is 12.4. The van der Waals surface area contributed by atoms with E-state index in [1.54, 1.807) is 0 Å². The minimum atomic E-state index is -4.52. The van der Waals surface area contributed by atoms with Gasteiger partial charge in [0.05, 0.1) is 0 Å². The quantitative estimate of drug-likeness (QED) is 0.800. The first-order valence-electron chi connectivity index (χ1n) is 5.67. The molecule has 4 heteroatoms. The van der Waals surface area contributed by atoms with E-state index in [9.17, 15) is 18.3 Å². The van der Waals surface area contributed by atoms with Gasteiger partial charge in [-0.25, -0.2) is 0 Å². The minimum Gasteiger partial charge on any atom is -0.380 e. The Morgan fingerprint density at radius 2 is 1.82 bits per heavy atom. The molecule has 1 aliphatic rings. The smallest absolute Gasteiger partial charge is 0.380 e. The predicted octanol–water partition coefficient (Wildman–Crippen LogP) is 3.56. The van der Waals surface area contributed by atoms with Gasteiger partial charge in [0.15, 0.2) is 5.60 Å². The lowest BCUT2D eigenvalue weighted by molar-refractivity contribution is -0.257. The van der Waals surface area contributed by atoms with Crippen LogP contribution in [-0.4, -0.2) is 16.9 Å². The number of aryl methyl sites for hydroxylation is 1. The summed E-state index contributed by atoms with van der Waals surface area (Å²) in [5.41, 5.74) is -0.531. The Labute approximate surface area is 98.3 Å². The zero-order valence-corrected chi connectivity index (χ0v) is 9.59. The number of benzene rings is 1. The van der Waals surface area contributed by atoms with E-state index < -0.39 is 11.8 Å². The van der Waals surface area contributed by atoms with E-state index in [4.69, 9.17) is 0 Å². The van der Waals surface area contributed by atoms with Crippen LogP contribution >= 0.6 is 0 Å². The second-order valence-corrected chi connectivity index (χ2v) is 4.88. The van der Waals surface area contributed by atoms with Gasteiger partial charge in [0.1, 0.15) is 0 Å². The second kappa shape index (κ2) is 4.02. The number of rotatable bonds is 1. The van der Waals surface area contributed by atoms with Gasteiger partial charge in [-0.1, -0.05) is 29.8 Å². The van der Waals surface area contributed by atoms with Gasteiger partial charge in [0, 0.05) is 0 Å². The molecule has 0 heterocycles. The molecule has 2 rings (SSSR count). The fourth-order valence-electron chi connectivity index (χ4n) is 2.41. The van der Waals surface area contributed by atoms with Gasteiger partial charge in [-0.15, -0.1) is 0 Å². The average Bonchev–Trinajstić information content (AvgIpc) is 2.63. The highest BCUT2D eigenvalue weighted by Gasteiger charge is 2.57. The minimum absolute atomic E-state index is 0.192. The highest BCUT2D eigenvalue weighted by atomic mass is 19.4. The molecule has 1 nitrogen and oxygen atoms in total. The Bertz CT molecular complexity index is 396. The molecule has 1 saturated carbocycles. The van der Waals surface area contributed by atoms with Crippen LogP contribution in [0.5, 0.6) is 0 Å². The Kier molecular flexibility index (Phi) is 2.94. The fourth-order valence-corrected chi connectivity index (χ4v) is 2.41. The van der Waals surface area contributed by atoms with Crippen LogP contribution in [0.25, 0.3) is 0 Å².